The van der Waals surface area contributed by atoms with E-state index in [1.165, 1.54) is 11.3 Å². The number of ketones is 1. The molecule has 1 aliphatic carbocycles. The van der Waals surface area contributed by atoms with Crippen molar-refractivity contribution in [2.24, 2.45) is 7.05 Å². The first-order chi connectivity index (χ1) is 9.17. The molecule has 100 valence electrons. The number of carbonyl (C=O) groups excluding carboxylic acids is 1. The maximum absolute atomic E-state index is 11.8. The quantitative estimate of drug-likeness (QED) is 0.846. The van der Waals surface area contributed by atoms with Crippen molar-refractivity contribution >= 4 is 5.78 Å². The van der Waals surface area contributed by atoms with E-state index in [1.807, 2.05) is 17.9 Å². The van der Waals surface area contributed by atoms with Crippen molar-refractivity contribution in [2.45, 2.75) is 39.2 Å². The van der Waals surface area contributed by atoms with E-state index in [-0.39, 0.29) is 0 Å². The molecule has 4 heteroatoms. The molecule has 0 spiro atoms. The van der Waals surface area contributed by atoms with Crippen LogP contribution in [-0.2, 0) is 26.4 Å². The lowest BCUT2D eigenvalue weighted by molar-refractivity contribution is 0.0973. The van der Waals surface area contributed by atoms with E-state index in [1.54, 1.807) is 0 Å². The molecule has 0 bridgehead atoms. The van der Waals surface area contributed by atoms with Gasteiger partial charge in [0.2, 0.25) is 0 Å². The van der Waals surface area contributed by atoms with Crippen LogP contribution in [0.3, 0.4) is 0 Å². The molecule has 2 aromatic rings. The minimum atomic E-state index is 0.291. The van der Waals surface area contributed by atoms with Crippen molar-refractivity contribution < 1.29 is 4.79 Å². The molecule has 0 atom stereocenters. The smallest absolute Gasteiger partial charge is 0.164 e. The molecule has 0 radical (unpaired) electrons. The molecular formula is C15H19N3O. The number of hydrogen-bond acceptors (Lipinski definition) is 2. The van der Waals surface area contributed by atoms with Crippen molar-refractivity contribution in [2.75, 3.05) is 0 Å². The van der Waals surface area contributed by atoms with Gasteiger partial charge in [-0.05, 0) is 30.9 Å². The van der Waals surface area contributed by atoms with Crippen molar-refractivity contribution in [1.29, 1.82) is 0 Å². The standard InChI is InChI=1S/C15H19N3O/c1-3-12-7-13(17(2)16-12)9-18-8-11-5-4-6-15(19)14(11)10-18/h7-8,10H,3-6,9H2,1-2H3. The summed E-state index contributed by atoms with van der Waals surface area (Å²) in [6.45, 7) is 2.89. The van der Waals surface area contributed by atoms with Gasteiger partial charge in [-0.15, -0.1) is 0 Å². The first-order valence-corrected chi connectivity index (χ1v) is 6.91. The summed E-state index contributed by atoms with van der Waals surface area (Å²) in [6, 6.07) is 2.14. The predicted octanol–water partition coefficient (Wildman–Crippen LogP) is 2.35. The highest BCUT2D eigenvalue weighted by Gasteiger charge is 2.19. The molecule has 0 saturated carbocycles. The Morgan fingerprint density at radius 1 is 1.32 bits per heavy atom. The number of fused-ring (bicyclic) bond motifs is 1. The van der Waals surface area contributed by atoms with Crippen LogP contribution >= 0.6 is 0 Å². The summed E-state index contributed by atoms with van der Waals surface area (Å²) in [5, 5.41) is 4.46. The van der Waals surface area contributed by atoms with E-state index in [0.717, 1.165) is 37.1 Å². The van der Waals surface area contributed by atoms with E-state index in [9.17, 15) is 4.79 Å². The monoisotopic (exact) mass is 257 g/mol. The largest absolute Gasteiger partial charge is 0.347 e. The molecule has 1 aliphatic rings. The fourth-order valence-electron chi connectivity index (χ4n) is 2.75. The molecule has 0 aliphatic heterocycles. The minimum absolute atomic E-state index is 0.291. The first-order valence-electron chi connectivity index (χ1n) is 6.91. The van der Waals surface area contributed by atoms with Crippen LogP contribution < -0.4 is 0 Å². The van der Waals surface area contributed by atoms with Crippen LogP contribution in [0.25, 0.3) is 0 Å². The molecule has 4 nitrogen and oxygen atoms in total. The molecule has 0 amide bonds. The van der Waals surface area contributed by atoms with Gasteiger partial charge in [-0.1, -0.05) is 6.92 Å². The summed E-state index contributed by atoms with van der Waals surface area (Å²) in [4.78, 5) is 11.8. The highest BCUT2D eigenvalue weighted by molar-refractivity contribution is 5.98. The lowest BCUT2D eigenvalue weighted by Crippen LogP contribution is -2.07. The number of hydrogen-bond donors (Lipinski definition) is 0. The molecule has 0 unspecified atom stereocenters. The summed E-state index contributed by atoms with van der Waals surface area (Å²) < 4.78 is 4.05. The van der Waals surface area contributed by atoms with E-state index < -0.39 is 0 Å². The molecule has 2 aromatic heterocycles. The first kappa shape index (κ1) is 12.2. The number of aryl methyl sites for hydroxylation is 3. The molecule has 0 N–H and O–H groups in total. The second-order valence-electron chi connectivity index (χ2n) is 5.25. The third-order valence-corrected chi connectivity index (χ3v) is 3.85. The fourth-order valence-corrected chi connectivity index (χ4v) is 2.75. The Morgan fingerprint density at radius 3 is 2.84 bits per heavy atom. The number of nitrogens with zero attached hydrogens (tertiary/aromatic N) is 3. The lowest BCUT2D eigenvalue weighted by Gasteiger charge is -2.07. The molecule has 0 aromatic carbocycles. The molecule has 19 heavy (non-hydrogen) atoms. The summed E-state index contributed by atoms with van der Waals surface area (Å²) in [5.41, 5.74) is 4.42. The second kappa shape index (κ2) is 4.68. The maximum Gasteiger partial charge on any atom is 0.164 e. The van der Waals surface area contributed by atoms with E-state index in [2.05, 4.69) is 28.9 Å². The third-order valence-electron chi connectivity index (χ3n) is 3.85. The van der Waals surface area contributed by atoms with Crippen molar-refractivity contribution in [3.63, 3.8) is 0 Å². The highest BCUT2D eigenvalue weighted by Crippen LogP contribution is 2.22. The molecule has 3 rings (SSSR count). The number of rotatable bonds is 3. The Morgan fingerprint density at radius 2 is 2.16 bits per heavy atom. The van der Waals surface area contributed by atoms with Crippen LogP contribution in [0, 0.1) is 0 Å². The SMILES string of the molecule is CCc1cc(Cn2cc3c(c2)C(=O)CCC3)n(C)n1. The average Bonchev–Trinajstić information content (AvgIpc) is 2.95. The van der Waals surface area contributed by atoms with Gasteiger partial charge in [0.15, 0.2) is 5.78 Å². The van der Waals surface area contributed by atoms with Gasteiger partial charge in [-0.2, -0.15) is 5.10 Å². The Hall–Kier alpha value is -1.84. The average molecular weight is 257 g/mol. The Labute approximate surface area is 113 Å². The molecule has 2 heterocycles. The lowest BCUT2D eigenvalue weighted by atomic mass is 9.95. The Bertz CT molecular complexity index is 621. The number of aromatic nitrogens is 3. The van der Waals surface area contributed by atoms with E-state index in [4.69, 9.17) is 0 Å². The molecule has 0 saturated heterocycles. The third kappa shape index (κ3) is 2.23. The normalized spacial score (nSPS) is 14.7. The van der Waals surface area contributed by atoms with E-state index >= 15 is 0 Å². The van der Waals surface area contributed by atoms with Crippen LogP contribution in [-0.4, -0.2) is 20.1 Å². The van der Waals surface area contributed by atoms with E-state index in [0.29, 0.717) is 12.2 Å². The van der Waals surface area contributed by atoms with Crippen LogP contribution in [0.5, 0.6) is 0 Å². The molecular weight excluding hydrogens is 238 g/mol. The van der Waals surface area contributed by atoms with Crippen molar-refractivity contribution in [3.8, 4) is 0 Å². The summed E-state index contributed by atoms with van der Waals surface area (Å²) in [6.07, 6.45) is 7.78. The van der Waals surface area contributed by atoms with Crippen LogP contribution in [0.4, 0.5) is 0 Å². The van der Waals surface area contributed by atoms with Crippen LogP contribution in [0.15, 0.2) is 18.5 Å². The Kier molecular flexibility index (Phi) is 3.01. The highest BCUT2D eigenvalue weighted by atomic mass is 16.1. The van der Waals surface area contributed by atoms with Gasteiger partial charge in [0.25, 0.3) is 0 Å². The summed E-state index contributed by atoms with van der Waals surface area (Å²) >= 11 is 0. The predicted molar refractivity (Wildman–Crippen MR) is 73.4 cm³/mol. The number of carbonyl (C=O) groups is 1. The number of Topliss-reactive ketones (excluding diaryl/α,β-unsaturated/α-hetero) is 1. The van der Waals surface area contributed by atoms with Crippen LogP contribution in [0.2, 0.25) is 0 Å². The summed E-state index contributed by atoms with van der Waals surface area (Å²) in [5.74, 6) is 0.291. The topological polar surface area (TPSA) is 39.8 Å². The second-order valence-corrected chi connectivity index (χ2v) is 5.25. The van der Waals surface area contributed by atoms with Gasteiger partial charge in [0.05, 0.1) is 17.9 Å². The van der Waals surface area contributed by atoms with Gasteiger partial charge < -0.3 is 4.57 Å². The zero-order valence-electron chi connectivity index (χ0n) is 11.5. The van der Waals surface area contributed by atoms with Gasteiger partial charge >= 0.3 is 0 Å². The fraction of sp³-hybridized carbons (Fsp3) is 0.467. The van der Waals surface area contributed by atoms with Crippen molar-refractivity contribution in [3.05, 3.63) is 41.0 Å². The molecule has 0 fully saturated rings. The van der Waals surface area contributed by atoms with Gasteiger partial charge in [0.1, 0.15) is 0 Å². The van der Waals surface area contributed by atoms with Crippen molar-refractivity contribution in [1.82, 2.24) is 14.3 Å². The zero-order valence-corrected chi connectivity index (χ0v) is 11.5. The minimum Gasteiger partial charge on any atom is -0.347 e. The Balaban J connectivity index is 1.87. The van der Waals surface area contributed by atoms with Crippen LogP contribution in [0.1, 0.15) is 47.1 Å². The van der Waals surface area contributed by atoms with Gasteiger partial charge in [-0.25, -0.2) is 0 Å². The van der Waals surface area contributed by atoms with Gasteiger partial charge in [0, 0.05) is 31.4 Å². The summed E-state index contributed by atoms with van der Waals surface area (Å²) in [7, 11) is 1.98. The maximum atomic E-state index is 11.8. The van der Waals surface area contributed by atoms with Gasteiger partial charge in [-0.3, -0.25) is 9.48 Å². The zero-order chi connectivity index (χ0) is 13.4.